The van der Waals surface area contributed by atoms with E-state index in [0.29, 0.717) is 5.92 Å². The highest BCUT2D eigenvalue weighted by atomic mass is 32.1. The third-order valence-electron chi connectivity index (χ3n) is 2.47. The first-order chi connectivity index (χ1) is 6.85. The molecule has 0 saturated carbocycles. The molecule has 0 radical (unpaired) electrons. The second-order valence-electron chi connectivity index (χ2n) is 5.34. The Morgan fingerprint density at radius 3 is 2.53 bits per heavy atom. The van der Waals surface area contributed by atoms with Crippen molar-refractivity contribution >= 4 is 12.2 Å². The molecule has 0 saturated heterocycles. The molecular weight excluding hydrogens is 206 g/mol. The third-order valence-corrected chi connectivity index (χ3v) is 2.79. The molecule has 0 aliphatic rings. The van der Waals surface area contributed by atoms with E-state index < -0.39 is 0 Å². The fraction of sp³-hybridized carbons (Fsp3) is 0.818. The summed E-state index contributed by atoms with van der Waals surface area (Å²) in [5.74, 6) is 1.54. The van der Waals surface area contributed by atoms with Gasteiger partial charge in [0.15, 0.2) is 4.77 Å². The summed E-state index contributed by atoms with van der Waals surface area (Å²) in [7, 11) is 0. The maximum atomic E-state index is 5.25. The van der Waals surface area contributed by atoms with Crippen molar-refractivity contribution < 1.29 is 0 Å². The van der Waals surface area contributed by atoms with Crippen LogP contribution in [0.2, 0.25) is 0 Å². The molecule has 1 heterocycles. The fourth-order valence-corrected chi connectivity index (χ4v) is 1.72. The van der Waals surface area contributed by atoms with Crippen LogP contribution in [0, 0.1) is 10.2 Å². The highest BCUT2D eigenvalue weighted by Crippen LogP contribution is 2.22. The highest BCUT2D eigenvalue weighted by molar-refractivity contribution is 7.71. The summed E-state index contributed by atoms with van der Waals surface area (Å²) >= 11 is 5.25. The van der Waals surface area contributed by atoms with E-state index in [0.717, 1.165) is 23.6 Å². The van der Waals surface area contributed by atoms with Gasteiger partial charge in [-0.05, 0) is 24.1 Å². The Bertz CT molecular complexity index is 370. The van der Waals surface area contributed by atoms with E-state index in [2.05, 4.69) is 49.4 Å². The van der Waals surface area contributed by atoms with Crippen LogP contribution in [0.4, 0.5) is 0 Å². The maximum Gasteiger partial charge on any atom is 0.195 e. The molecule has 0 fully saturated rings. The van der Waals surface area contributed by atoms with Crippen LogP contribution in [0.1, 0.15) is 52.8 Å². The van der Waals surface area contributed by atoms with Crippen molar-refractivity contribution in [3.05, 3.63) is 10.6 Å². The predicted octanol–water partition coefficient (Wildman–Crippen LogP) is 3.50. The van der Waals surface area contributed by atoms with Gasteiger partial charge in [-0.25, -0.2) is 0 Å². The van der Waals surface area contributed by atoms with Crippen LogP contribution in [-0.4, -0.2) is 14.8 Å². The van der Waals surface area contributed by atoms with Gasteiger partial charge in [0.1, 0.15) is 5.82 Å². The zero-order valence-electron chi connectivity index (χ0n) is 10.3. The molecular formula is C11H21N3S. The average Bonchev–Trinajstić information content (AvgIpc) is 2.45. The molecule has 3 nitrogen and oxygen atoms in total. The molecule has 0 aliphatic carbocycles. The Labute approximate surface area is 96.9 Å². The van der Waals surface area contributed by atoms with Gasteiger partial charge in [0, 0.05) is 12.5 Å². The van der Waals surface area contributed by atoms with Crippen LogP contribution in [0.25, 0.3) is 0 Å². The molecule has 1 aromatic heterocycles. The molecule has 0 bridgehead atoms. The van der Waals surface area contributed by atoms with Crippen molar-refractivity contribution in [2.45, 2.75) is 53.5 Å². The largest absolute Gasteiger partial charge is 0.303 e. The SMILES string of the molecule is CCC(C)c1n[nH]c(=S)n1CC(C)(C)C. The first-order valence-electron chi connectivity index (χ1n) is 5.50. The standard InChI is InChI=1S/C11H21N3S/c1-6-8(2)9-12-13-10(15)14(9)7-11(3,4)5/h8H,6-7H2,1-5H3,(H,13,15). The Morgan fingerprint density at radius 2 is 2.07 bits per heavy atom. The van der Waals surface area contributed by atoms with Gasteiger partial charge in [-0.15, -0.1) is 0 Å². The summed E-state index contributed by atoms with van der Waals surface area (Å²) in [5.41, 5.74) is 0.226. The molecule has 1 unspecified atom stereocenters. The van der Waals surface area contributed by atoms with Gasteiger partial charge in [0.05, 0.1) is 0 Å². The number of nitrogens with one attached hydrogen (secondary N) is 1. The second kappa shape index (κ2) is 4.47. The first kappa shape index (κ1) is 12.4. The molecule has 1 atom stereocenters. The van der Waals surface area contributed by atoms with Crippen LogP contribution >= 0.6 is 12.2 Å². The summed E-state index contributed by atoms with van der Waals surface area (Å²) in [5, 5.41) is 7.21. The number of aromatic amines is 1. The minimum atomic E-state index is 0.226. The topological polar surface area (TPSA) is 33.6 Å². The van der Waals surface area contributed by atoms with E-state index in [1.54, 1.807) is 0 Å². The minimum Gasteiger partial charge on any atom is -0.303 e. The van der Waals surface area contributed by atoms with Crippen molar-refractivity contribution in [2.24, 2.45) is 5.41 Å². The summed E-state index contributed by atoms with van der Waals surface area (Å²) in [6, 6.07) is 0. The zero-order chi connectivity index (χ0) is 11.6. The predicted molar refractivity (Wildman–Crippen MR) is 65.6 cm³/mol. The van der Waals surface area contributed by atoms with Gasteiger partial charge in [-0.3, -0.25) is 5.10 Å². The van der Waals surface area contributed by atoms with Crippen molar-refractivity contribution in [3.8, 4) is 0 Å². The molecule has 1 aromatic rings. The molecule has 1 rings (SSSR count). The van der Waals surface area contributed by atoms with Crippen LogP contribution in [0.15, 0.2) is 0 Å². The highest BCUT2D eigenvalue weighted by Gasteiger charge is 2.18. The number of aromatic nitrogens is 3. The summed E-state index contributed by atoms with van der Waals surface area (Å²) in [4.78, 5) is 0. The lowest BCUT2D eigenvalue weighted by Crippen LogP contribution is -2.18. The smallest absolute Gasteiger partial charge is 0.195 e. The maximum absolute atomic E-state index is 5.25. The van der Waals surface area contributed by atoms with Crippen molar-refractivity contribution in [1.29, 1.82) is 0 Å². The van der Waals surface area contributed by atoms with Crippen LogP contribution in [0.3, 0.4) is 0 Å². The van der Waals surface area contributed by atoms with Crippen LogP contribution in [0.5, 0.6) is 0 Å². The molecule has 4 heteroatoms. The van der Waals surface area contributed by atoms with Gasteiger partial charge >= 0.3 is 0 Å². The molecule has 0 aromatic carbocycles. The van der Waals surface area contributed by atoms with Crippen molar-refractivity contribution in [1.82, 2.24) is 14.8 Å². The number of H-pyrrole nitrogens is 1. The van der Waals surface area contributed by atoms with Gasteiger partial charge in [-0.1, -0.05) is 34.6 Å². The van der Waals surface area contributed by atoms with E-state index in [4.69, 9.17) is 12.2 Å². The van der Waals surface area contributed by atoms with Gasteiger partial charge < -0.3 is 4.57 Å². The normalized spacial score (nSPS) is 14.2. The number of rotatable bonds is 3. The molecule has 0 spiro atoms. The summed E-state index contributed by atoms with van der Waals surface area (Å²) < 4.78 is 2.86. The lowest BCUT2D eigenvalue weighted by atomic mass is 9.96. The van der Waals surface area contributed by atoms with E-state index in [-0.39, 0.29) is 5.41 Å². The third kappa shape index (κ3) is 3.16. The van der Waals surface area contributed by atoms with Crippen molar-refractivity contribution in [3.63, 3.8) is 0 Å². The molecule has 0 amide bonds. The van der Waals surface area contributed by atoms with E-state index >= 15 is 0 Å². The van der Waals surface area contributed by atoms with Crippen molar-refractivity contribution in [2.75, 3.05) is 0 Å². The average molecular weight is 227 g/mol. The molecule has 1 N–H and O–H groups in total. The van der Waals surface area contributed by atoms with E-state index in [9.17, 15) is 0 Å². The Kier molecular flexibility index (Phi) is 3.71. The lowest BCUT2D eigenvalue weighted by molar-refractivity contribution is 0.332. The molecule has 15 heavy (non-hydrogen) atoms. The second-order valence-corrected chi connectivity index (χ2v) is 5.73. The molecule has 0 aliphatic heterocycles. The van der Waals surface area contributed by atoms with Crippen LogP contribution in [-0.2, 0) is 6.54 Å². The fourth-order valence-electron chi connectivity index (χ4n) is 1.52. The minimum absolute atomic E-state index is 0.226. The summed E-state index contributed by atoms with van der Waals surface area (Å²) in [6.07, 6.45) is 1.09. The lowest BCUT2D eigenvalue weighted by Gasteiger charge is -2.21. The Hall–Kier alpha value is -0.640. The van der Waals surface area contributed by atoms with E-state index in [1.165, 1.54) is 0 Å². The first-order valence-corrected chi connectivity index (χ1v) is 5.91. The van der Waals surface area contributed by atoms with E-state index in [1.807, 2.05) is 0 Å². The summed E-state index contributed by atoms with van der Waals surface area (Å²) in [6.45, 7) is 11.9. The van der Waals surface area contributed by atoms with Gasteiger partial charge in [-0.2, -0.15) is 5.10 Å². The zero-order valence-corrected chi connectivity index (χ0v) is 11.1. The van der Waals surface area contributed by atoms with Gasteiger partial charge in [0.25, 0.3) is 0 Å². The number of hydrogen-bond donors (Lipinski definition) is 1. The monoisotopic (exact) mass is 227 g/mol. The Morgan fingerprint density at radius 1 is 1.47 bits per heavy atom. The number of nitrogens with zero attached hydrogens (tertiary/aromatic N) is 2. The quantitative estimate of drug-likeness (QED) is 0.802. The number of hydrogen-bond acceptors (Lipinski definition) is 2. The Balaban J connectivity index is 3.05. The van der Waals surface area contributed by atoms with Gasteiger partial charge in [0.2, 0.25) is 0 Å². The van der Waals surface area contributed by atoms with Crippen LogP contribution < -0.4 is 0 Å². The molecule has 86 valence electrons.